The van der Waals surface area contributed by atoms with Crippen LogP contribution in [0.4, 0.5) is 5.69 Å². The number of aliphatic imine (C=N–C) groups is 1. The van der Waals surface area contributed by atoms with Gasteiger partial charge in [-0.1, -0.05) is 78.1 Å². The predicted octanol–water partition coefficient (Wildman–Crippen LogP) is 7.64. The molecule has 0 aliphatic rings. The van der Waals surface area contributed by atoms with Gasteiger partial charge in [0, 0.05) is 6.07 Å². The lowest BCUT2D eigenvalue weighted by molar-refractivity contribution is 0.258. The lowest BCUT2D eigenvalue weighted by Crippen LogP contribution is -2.02. The maximum Gasteiger partial charge on any atom is 0.163 e. The van der Waals surface area contributed by atoms with Crippen molar-refractivity contribution in [3.63, 3.8) is 0 Å². The number of nitrogens with one attached hydrogen (secondary N) is 1. The molecular formula is C26H41N3O2. The van der Waals surface area contributed by atoms with Gasteiger partial charge in [-0.25, -0.2) is 4.98 Å². The Balaban J connectivity index is 1.86. The molecular weight excluding hydrogens is 386 g/mol. The molecule has 1 heterocycles. The van der Waals surface area contributed by atoms with Crippen LogP contribution in [0.15, 0.2) is 35.7 Å². The molecule has 31 heavy (non-hydrogen) atoms. The van der Waals surface area contributed by atoms with Crippen LogP contribution in [0.5, 0.6) is 11.5 Å². The summed E-state index contributed by atoms with van der Waals surface area (Å²) in [6.07, 6.45) is 20.2. The molecule has 1 aromatic carbocycles. The molecule has 0 saturated heterocycles. The smallest absolute Gasteiger partial charge is 0.163 e. The van der Waals surface area contributed by atoms with E-state index >= 15 is 0 Å². The normalized spacial score (nSPS) is 11.3. The first-order chi connectivity index (χ1) is 15.3. The molecule has 0 bridgehead atoms. The molecule has 0 amide bonds. The molecule has 1 aromatic heterocycles. The lowest BCUT2D eigenvalue weighted by Gasteiger charge is -2.13. The third-order valence-electron chi connectivity index (χ3n) is 5.31. The van der Waals surface area contributed by atoms with Crippen LogP contribution in [0.2, 0.25) is 0 Å². The van der Waals surface area contributed by atoms with E-state index in [4.69, 9.17) is 9.47 Å². The van der Waals surface area contributed by atoms with E-state index in [2.05, 4.69) is 28.8 Å². The highest BCUT2D eigenvalue weighted by Gasteiger charge is 2.07. The van der Waals surface area contributed by atoms with Crippen molar-refractivity contribution in [2.75, 3.05) is 13.2 Å². The molecule has 0 radical (unpaired) electrons. The van der Waals surface area contributed by atoms with Gasteiger partial charge in [-0.05, 0) is 25.0 Å². The minimum atomic E-state index is 0.715. The second kappa shape index (κ2) is 16.4. The number of nitrogens with zero attached hydrogens (tertiary/aromatic N) is 2. The Labute approximate surface area is 188 Å². The second-order valence-electron chi connectivity index (χ2n) is 8.13. The molecule has 1 N–H and O–H groups in total. The van der Waals surface area contributed by atoms with E-state index in [1.54, 1.807) is 18.7 Å². The van der Waals surface area contributed by atoms with Gasteiger partial charge in [0.15, 0.2) is 11.5 Å². The molecule has 2 aromatic rings. The van der Waals surface area contributed by atoms with Gasteiger partial charge in [0.25, 0.3) is 0 Å². The number of H-pyrrole nitrogens is 1. The number of aromatic amines is 1. The van der Waals surface area contributed by atoms with Crippen molar-refractivity contribution >= 4 is 11.9 Å². The Morgan fingerprint density at radius 1 is 0.806 bits per heavy atom. The maximum atomic E-state index is 6.11. The van der Waals surface area contributed by atoms with Crippen molar-refractivity contribution in [1.29, 1.82) is 0 Å². The molecule has 5 nitrogen and oxygen atoms in total. The molecule has 0 saturated carbocycles. The minimum Gasteiger partial charge on any atom is -0.490 e. The zero-order valence-electron chi connectivity index (χ0n) is 19.6. The van der Waals surface area contributed by atoms with Crippen molar-refractivity contribution in [1.82, 2.24) is 9.97 Å². The summed E-state index contributed by atoms with van der Waals surface area (Å²) < 4.78 is 12.2. The van der Waals surface area contributed by atoms with Crippen LogP contribution in [-0.2, 0) is 0 Å². The number of unbranched alkanes of at least 4 members (excludes halogenated alkanes) is 10. The summed E-state index contributed by atoms with van der Waals surface area (Å²) in [5, 5.41) is 0. The fourth-order valence-corrected chi connectivity index (χ4v) is 3.42. The fraction of sp³-hybridized carbons (Fsp3) is 0.615. The summed E-state index contributed by atoms with van der Waals surface area (Å²) in [4.78, 5) is 11.6. The van der Waals surface area contributed by atoms with E-state index in [0.717, 1.165) is 42.3 Å². The molecule has 0 fully saturated rings. The summed E-state index contributed by atoms with van der Waals surface area (Å²) in [5.74, 6) is 1.61. The summed E-state index contributed by atoms with van der Waals surface area (Å²) in [6, 6.07) is 5.93. The first kappa shape index (κ1) is 25.0. The van der Waals surface area contributed by atoms with Crippen molar-refractivity contribution < 1.29 is 9.47 Å². The van der Waals surface area contributed by atoms with Gasteiger partial charge in [0.1, 0.15) is 0 Å². The average Bonchev–Trinajstić information content (AvgIpc) is 3.31. The van der Waals surface area contributed by atoms with Crippen LogP contribution in [0.25, 0.3) is 0 Å². The zero-order valence-corrected chi connectivity index (χ0v) is 19.6. The number of aromatic nitrogens is 2. The Morgan fingerprint density at radius 2 is 1.42 bits per heavy atom. The van der Waals surface area contributed by atoms with Gasteiger partial charge in [-0.15, -0.1) is 0 Å². The summed E-state index contributed by atoms with van der Waals surface area (Å²) in [5.41, 5.74) is 1.72. The highest BCUT2D eigenvalue weighted by molar-refractivity contribution is 5.79. The molecule has 0 spiro atoms. The fourth-order valence-electron chi connectivity index (χ4n) is 3.42. The Hall–Kier alpha value is -2.30. The van der Waals surface area contributed by atoms with Crippen molar-refractivity contribution in [3.05, 3.63) is 36.4 Å². The van der Waals surface area contributed by atoms with Crippen LogP contribution in [0.1, 0.15) is 96.6 Å². The van der Waals surface area contributed by atoms with E-state index < -0.39 is 0 Å². The minimum absolute atomic E-state index is 0.715. The molecule has 172 valence electrons. The third-order valence-corrected chi connectivity index (χ3v) is 5.31. The Morgan fingerprint density at radius 3 is 2.03 bits per heavy atom. The summed E-state index contributed by atoms with van der Waals surface area (Å²) in [6.45, 7) is 5.94. The zero-order chi connectivity index (χ0) is 22.0. The van der Waals surface area contributed by atoms with Gasteiger partial charge in [0.2, 0.25) is 0 Å². The summed E-state index contributed by atoms with van der Waals surface area (Å²) in [7, 11) is 0. The number of hydrogen-bond acceptors (Lipinski definition) is 4. The van der Waals surface area contributed by atoms with E-state index in [9.17, 15) is 0 Å². The number of benzene rings is 1. The molecule has 0 unspecified atom stereocenters. The number of imidazole rings is 1. The Bertz CT molecular complexity index is 713. The van der Waals surface area contributed by atoms with Gasteiger partial charge < -0.3 is 14.5 Å². The molecule has 2 rings (SSSR count). The van der Waals surface area contributed by atoms with Gasteiger partial charge in [-0.3, -0.25) is 4.99 Å². The van der Waals surface area contributed by atoms with E-state index in [-0.39, 0.29) is 0 Å². The first-order valence-corrected chi connectivity index (χ1v) is 12.3. The van der Waals surface area contributed by atoms with E-state index in [1.807, 2.05) is 18.2 Å². The molecule has 5 heteroatoms. The molecule has 0 aliphatic carbocycles. The SMILES string of the molecule is CCCCCCCCOc1ccc(N=Cc2cnc[nH]2)cc1OCCCCCCCC. The largest absolute Gasteiger partial charge is 0.490 e. The summed E-state index contributed by atoms with van der Waals surface area (Å²) >= 11 is 0. The maximum absolute atomic E-state index is 6.11. The van der Waals surface area contributed by atoms with Crippen LogP contribution in [0, 0.1) is 0 Å². The van der Waals surface area contributed by atoms with Gasteiger partial charge in [0.05, 0.1) is 43.3 Å². The second-order valence-corrected chi connectivity index (χ2v) is 8.13. The number of ether oxygens (including phenoxy) is 2. The van der Waals surface area contributed by atoms with Crippen molar-refractivity contribution in [2.45, 2.75) is 90.9 Å². The van der Waals surface area contributed by atoms with E-state index in [0.29, 0.717) is 6.61 Å². The van der Waals surface area contributed by atoms with Crippen LogP contribution in [0.3, 0.4) is 0 Å². The third kappa shape index (κ3) is 11.0. The lowest BCUT2D eigenvalue weighted by atomic mass is 10.1. The highest BCUT2D eigenvalue weighted by atomic mass is 16.5. The van der Waals surface area contributed by atoms with Crippen LogP contribution < -0.4 is 9.47 Å². The first-order valence-electron chi connectivity index (χ1n) is 12.3. The van der Waals surface area contributed by atoms with Crippen molar-refractivity contribution in [2.24, 2.45) is 4.99 Å². The standard InChI is InChI=1S/C26H41N3O2/c1-3-5-7-9-11-13-17-30-25-16-15-23(28-21-24-20-27-22-29-24)19-26(25)31-18-14-12-10-8-6-4-2/h15-16,19-22H,3-14,17-18H2,1-2H3,(H,27,29). The van der Waals surface area contributed by atoms with Gasteiger partial charge in [-0.2, -0.15) is 0 Å². The van der Waals surface area contributed by atoms with E-state index in [1.165, 1.54) is 64.2 Å². The highest BCUT2D eigenvalue weighted by Crippen LogP contribution is 2.32. The van der Waals surface area contributed by atoms with Crippen LogP contribution >= 0.6 is 0 Å². The van der Waals surface area contributed by atoms with Gasteiger partial charge >= 0.3 is 0 Å². The number of hydrogen-bond donors (Lipinski definition) is 1. The number of rotatable bonds is 18. The van der Waals surface area contributed by atoms with Crippen molar-refractivity contribution in [3.8, 4) is 11.5 Å². The monoisotopic (exact) mass is 427 g/mol. The molecule has 0 atom stereocenters. The topological polar surface area (TPSA) is 59.5 Å². The molecule has 0 aliphatic heterocycles. The predicted molar refractivity (Wildman–Crippen MR) is 130 cm³/mol. The quantitative estimate of drug-likeness (QED) is 0.196. The van der Waals surface area contributed by atoms with Crippen LogP contribution in [-0.4, -0.2) is 29.4 Å². The Kier molecular flexibility index (Phi) is 13.2. The average molecular weight is 428 g/mol.